The summed E-state index contributed by atoms with van der Waals surface area (Å²) >= 11 is 3.23. The van der Waals surface area contributed by atoms with Crippen LogP contribution < -0.4 is 4.72 Å². The molecule has 0 bridgehead atoms. The Bertz CT molecular complexity index is 447. The van der Waals surface area contributed by atoms with Crippen molar-refractivity contribution in [3.8, 4) is 0 Å². The Morgan fingerprint density at radius 3 is 2.80 bits per heavy atom. The summed E-state index contributed by atoms with van der Waals surface area (Å²) in [7, 11) is -3.50. The lowest BCUT2D eigenvalue weighted by Crippen LogP contribution is -2.20. The van der Waals surface area contributed by atoms with Gasteiger partial charge in [0.05, 0.1) is 12.4 Å². The third-order valence-corrected chi connectivity index (χ3v) is 3.32. The molecule has 1 heterocycles. The number of pyridine rings is 1. The van der Waals surface area contributed by atoms with Crippen LogP contribution in [0.3, 0.4) is 0 Å². The maximum absolute atomic E-state index is 11.3. The predicted molar refractivity (Wildman–Crippen MR) is 61.2 cm³/mol. The van der Waals surface area contributed by atoms with E-state index in [-0.39, 0.29) is 11.6 Å². The third-order valence-electron chi connectivity index (χ3n) is 1.66. The van der Waals surface area contributed by atoms with Gasteiger partial charge in [0.25, 0.3) is 0 Å². The van der Waals surface area contributed by atoms with Crippen LogP contribution in [-0.4, -0.2) is 30.9 Å². The molecule has 0 aliphatic heterocycles. The Labute approximate surface area is 96.7 Å². The van der Waals surface area contributed by atoms with Crippen LogP contribution in [-0.2, 0) is 10.0 Å². The second-order valence-electron chi connectivity index (χ2n) is 2.96. The highest BCUT2D eigenvalue weighted by atomic mass is 79.9. The number of rotatable bonds is 4. The van der Waals surface area contributed by atoms with E-state index in [1.807, 2.05) is 0 Å². The molecule has 0 saturated heterocycles. The third kappa shape index (κ3) is 3.77. The summed E-state index contributed by atoms with van der Waals surface area (Å²) in [6, 6.07) is 1.75. The fourth-order valence-electron chi connectivity index (χ4n) is 0.966. The van der Waals surface area contributed by atoms with Crippen molar-refractivity contribution in [2.75, 3.05) is 17.1 Å². The smallest absolute Gasteiger partial charge is 0.236 e. The number of nitrogens with zero attached hydrogens (tertiary/aromatic N) is 1. The first-order valence-corrected chi connectivity index (χ1v) is 6.62. The molecule has 0 spiro atoms. The number of aromatic nitrogens is 1. The van der Waals surface area contributed by atoms with E-state index in [0.29, 0.717) is 5.56 Å². The Balaban J connectivity index is 2.90. The van der Waals surface area contributed by atoms with Gasteiger partial charge >= 0.3 is 0 Å². The zero-order chi connectivity index (χ0) is 11.5. The van der Waals surface area contributed by atoms with E-state index in [0.717, 1.165) is 4.47 Å². The second kappa shape index (κ2) is 4.91. The second-order valence-corrected chi connectivity index (χ2v) is 5.72. The number of hydrogen-bond acceptors (Lipinski definition) is 4. The van der Waals surface area contributed by atoms with Crippen LogP contribution in [0.25, 0.3) is 0 Å². The molecule has 2 N–H and O–H groups in total. The van der Waals surface area contributed by atoms with Crippen molar-refractivity contribution in [1.82, 2.24) is 4.98 Å². The van der Waals surface area contributed by atoms with Gasteiger partial charge in [-0.05, 0) is 34.5 Å². The van der Waals surface area contributed by atoms with Crippen LogP contribution in [0.5, 0.6) is 0 Å². The molecule has 1 rings (SSSR count). The van der Waals surface area contributed by atoms with Crippen LogP contribution in [0, 0.1) is 6.92 Å². The number of aryl methyl sites for hydroxylation is 1. The molecule has 0 amide bonds. The van der Waals surface area contributed by atoms with Gasteiger partial charge < -0.3 is 5.11 Å². The SMILES string of the molecule is Cc1cc(Br)cnc1NS(=O)(=O)CCO. The van der Waals surface area contributed by atoms with E-state index in [1.165, 1.54) is 6.20 Å². The molecule has 15 heavy (non-hydrogen) atoms. The summed E-state index contributed by atoms with van der Waals surface area (Å²) in [5.41, 5.74) is 0.714. The number of nitrogens with one attached hydrogen (secondary N) is 1. The highest BCUT2D eigenvalue weighted by Crippen LogP contribution is 2.17. The van der Waals surface area contributed by atoms with E-state index < -0.39 is 16.6 Å². The lowest BCUT2D eigenvalue weighted by atomic mass is 10.3. The fourth-order valence-corrected chi connectivity index (χ4v) is 2.26. The Morgan fingerprint density at radius 2 is 2.27 bits per heavy atom. The Kier molecular flexibility index (Phi) is 4.06. The number of aliphatic hydroxyl groups is 1. The van der Waals surface area contributed by atoms with E-state index in [1.54, 1.807) is 13.0 Å². The maximum atomic E-state index is 11.3. The summed E-state index contributed by atoms with van der Waals surface area (Å²) in [6.45, 7) is 1.33. The van der Waals surface area contributed by atoms with E-state index >= 15 is 0 Å². The first-order chi connectivity index (χ1) is 6.94. The molecule has 0 aromatic carbocycles. The summed E-state index contributed by atoms with van der Waals surface area (Å²) in [6.07, 6.45) is 1.50. The molecule has 5 nitrogen and oxygen atoms in total. The van der Waals surface area contributed by atoms with Crippen molar-refractivity contribution in [3.05, 3.63) is 22.3 Å². The van der Waals surface area contributed by atoms with Gasteiger partial charge in [0.15, 0.2) is 0 Å². The van der Waals surface area contributed by atoms with E-state index in [9.17, 15) is 8.42 Å². The standard InChI is InChI=1S/C8H11BrN2O3S/c1-6-4-7(9)5-10-8(6)11-15(13,14)3-2-12/h4-5,12H,2-3H2,1H3,(H,10,11). The predicted octanol–water partition coefficient (Wildman–Crippen LogP) is 0.887. The average molecular weight is 295 g/mol. The van der Waals surface area contributed by atoms with E-state index in [4.69, 9.17) is 5.11 Å². The van der Waals surface area contributed by atoms with Gasteiger partial charge in [-0.15, -0.1) is 0 Å². The molecule has 7 heteroatoms. The van der Waals surface area contributed by atoms with Crippen molar-refractivity contribution in [3.63, 3.8) is 0 Å². The summed E-state index contributed by atoms with van der Waals surface area (Å²) < 4.78 is 25.7. The molecular formula is C8H11BrN2O3S. The fraction of sp³-hybridized carbons (Fsp3) is 0.375. The largest absolute Gasteiger partial charge is 0.395 e. The summed E-state index contributed by atoms with van der Waals surface area (Å²) in [4.78, 5) is 3.93. The minimum atomic E-state index is -3.50. The molecule has 1 aromatic rings. The van der Waals surface area contributed by atoms with Gasteiger partial charge in [0.1, 0.15) is 5.82 Å². The minimum absolute atomic E-state index is 0.284. The molecule has 0 aliphatic carbocycles. The van der Waals surface area contributed by atoms with Gasteiger partial charge in [-0.3, -0.25) is 4.72 Å². The van der Waals surface area contributed by atoms with Crippen molar-refractivity contribution in [1.29, 1.82) is 0 Å². The Hall–Kier alpha value is -0.660. The number of aliphatic hydroxyl groups excluding tert-OH is 1. The molecule has 0 radical (unpaired) electrons. The summed E-state index contributed by atoms with van der Waals surface area (Å²) in [5.74, 6) is -0.0452. The van der Waals surface area contributed by atoms with E-state index in [2.05, 4.69) is 25.6 Å². The van der Waals surface area contributed by atoms with Crippen LogP contribution in [0.1, 0.15) is 5.56 Å². The molecule has 0 fully saturated rings. The zero-order valence-corrected chi connectivity index (χ0v) is 10.5. The first kappa shape index (κ1) is 12.4. The van der Waals surface area contributed by atoms with Crippen molar-refractivity contribution >= 4 is 31.8 Å². The average Bonchev–Trinajstić information content (AvgIpc) is 2.09. The molecule has 0 saturated carbocycles. The lowest BCUT2D eigenvalue weighted by Gasteiger charge is -2.08. The molecule has 0 unspecified atom stereocenters. The van der Waals surface area contributed by atoms with Gasteiger partial charge in [-0.2, -0.15) is 0 Å². The molecule has 1 aromatic heterocycles. The quantitative estimate of drug-likeness (QED) is 0.864. The normalized spacial score (nSPS) is 11.4. The van der Waals surface area contributed by atoms with Gasteiger partial charge in [-0.25, -0.2) is 13.4 Å². The number of halogens is 1. The van der Waals surface area contributed by atoms with Crippen LogP contribution in [0.15, 0.2) is 16.7 Å². The van der Waals surface area contributed by atoms with Crippen molar-refractivity contribution in [2.45, 2.75) is 6.92 Å². The number of sulfonamides is 1. The highest BCUT2D eigenvalue weighted by molar-refractivity contribution is 9.10. The number of anilines is 1. The molecule has 84 valence electrons. The first-order valence-electron chi connectivity index (χ1n) is 4.18. The van der Waals surface area contributed by atoms with Gasteiger partial charge in [0, 0.05) is 10.7 Å². The molecule has 0 atom stereocenters. The van der Waals surface area contributed by atoms with Crippen LogP contribution in [0.2, 0.25) is 0 Å². The van der Waals surface area contributed by atoms with Crippen LogP contribution >= 0.6 is 15.9 Å². The number of hydrogen-bond donors (Lipinski definition) is 2. The maximum Gasteiger partial charge on any atom is 0.236 e. The molecular weight excluding hydrogens is 284 g/mol. The van der Waals surface area contributed by atoms with Gasteiger partial charge in [-0.1, -0.05) is 0 Å². The summed E-state index contributed by atoms with van der Waals surface area (Å²) in [5, 5.41) is 8.55. The highest BCUT2D eigenvalue weighted by Gasteiger charge is 2.11. The molecule has 0 aliphatic rings. The topological polar surface area (TPSA) is 79.3 Å². The minimum Gasteiger partial charge on any atom is -0.395 e. The van der Waals surface area contributed by atoms with Gasteiger partial charge in [0.2, 0.25) is 10.0 Å². The van der Waals surface area contributed by atoms with Crippen molar-refractivity contribution in [2.24, 2.45) is 0 Å². The van der Waals surface area contributed by atoms with Crippen LogP contribution in [0.4, 0.5) is 5.82 Å². The Morgan fingerprint density at radius 1 is 1.60 bits per heavy atom. The monoisotopic (exact) mass is 294 g/mol. The van der Waals surface area contributed by atoms with Crippen molar-refractivity contribution < 1.29 is 13.5 Å². The zero-order valence-electron chi connectivity index (χ0n) is 8.07. The lowest BCUT2D eigenvalue weighted by molar-refractivity contribution is 0.320.